The van der Waals surface area contributed by atoms with Crippen LogP contribution in [0.15, 0.2) is 67.1 Å². The lowest BCUT2D eigenvalue weighted by atomic mass is 10.2. The van der Waals surface area contributed by atoms with E-state index in [1.54, 1.807) is 30.7 Å². The Balaban J connectivity index is 1.84. The highest BCUT2D eigenvalue weighted by Gasteiger charge is 1.98. The molecule has 90 valence electrons. The summed E-state index contributed by atoms with van der Waals surface area (Å²) in [6.45, 7) is 0.709. The molecule has 3 nitrogen and oxygen atoms in total. The van der Waals surface area contributed by atoms with E-state index in [0.29, 0.717) is 12.1 Å². The van der Waals surface area contributed by atoms with Crippen LogP contribution in [-0.2, 0) is 6.54 Å². The van der Waals surface area contributed by atoms with Crippen LogP contribution < -0.4 is 5.32 Å². The summed E-state index contributed by atoms with van der Waals surface area (Å²) in [7, 11) is 0. The Morgan fingerprint density at radius 3 is 2.56 bits per heavy atom. The van der Waals surface area contributed by atoms with E-state index in [-0.39, 0.29) is 5.78 Å². The topological polar surface area (TPSA) is 42.0 Å². The van der Waals surface area contributed by atoms with E-state index in [1.807, 2.05) is 30.3 Å². The van der Waals surface area contributed by atoms with Gasteiger partial charge in [-0.3, -0.25) is 9.78 Å². The molecule has 0 saturated heterocycles. The van der Waals surface area contributed by atoms with Crippen LogP contribution in [0.4, 0.5) is 0 Å². The van der Waals surface area contributed by atoms with Gasteiger partial charge in [0.05, 0.1) is 0 Å². The van der Waals surface area contributed by atoms with Crippen LogP contribution in [0.3, 0.4) is 0 Å². The molecule has 0 bridgehead atoms. The summed E-state index contributed by atoms with van der Waals surface area (Å²) in [5.41, 5.74) is 1.82. The number of pyridine rings is 1. The predicted octanol–water partition coefficient (Wildman–Crippen LogP) is 2.57. The van der Waals surface area contributed by atoms with Crippen molar-refractivity contribution in [3.05, 3.63) is 78.3 Å². The number of carbonyl (C=O) groups excluding carboxylic acids is 1. The second-order valence-corrected chi connectivity index (χ2v) is 3.80. The molecule has 0 aliphatic heterocycles. The predicted molar refractivity (Wildman–Crippen MR) is 71.0 cm³/mol. The standard InChI is InChI=1S/C15H14N2O/c18-15(14-6-9-16-10-7-14)8-11-17-12-13-4-2-1-3-5-13/h1-11,17H,12H2/b11-8+. The highest BCUT2D eigenvalue weighted by molar-refractivity contribution is 6.04. The maximum Gasteiger partial charge on any atom is 0.187 e. The van der Waals surface area contributed by atoms with Crippen molar-refractivity contribution in [2.75, 3.05) is 0 Å². The first kappa shape index (κ1) is 12.0. The van der Waals surface area contributed by atoms with Gasteiger partial charge in [-0.2, -0.15) is 0 Å². The molecular formula is C15H14N2O. The van der Waals surface area contributed by atoms with Crippen LogP contribution in [0.25, 0.3) is 0 Å². The SMILES string of the molecule is O=C(/C=C/NCc1ccccc1)c1ccncc1. The molecule has 1 aromatic carbocycles. The van der Waals surface area contributed by atoms with Crippen LogP contribution in [-0.4, -0.2) is 10.8 Å². The Morgan fingerprint density at radius 2 is 1.83 bits per heavy atom. The summed E-state index contributed by atoms with van der Waals surface area (Å²) in [4.78, 5) is 15.6. The zero-order valence-corrected chi connectivity index (χ0v) is 9.91. The molecular weight excluding hydrogens is 224 g/mol. The second-order valence-electron chi connectivity index (χ2n) is 3.80. The van der Waals surface area contributed by atoms with E-state index < -0.39 is 0 Å². The Morgan fingerprint density at radius 1 is 1.11 bits per heavy atom. The highest BCUT2D eigenvalue weighted by Crippen LogP contribution is 1.99. The fourth-order valence-electron chi connectivity index (χ4n) is 1.52. The van der Waals surface area contributed by atoms with Crippen LogP contribution in [0.1, 0.15) is 15.9 Å². The third kappa shape index (κ3) is 3.56. The van der Waals surface area contributed by atoms with E-state index in [0.717, 1.165) is 0 Å². The van der Waals surface area contributed by atoms with Gasteiger partial charge in [0.15, 0.2) is 5.78 Å². The van der Waals surface area contributed by atoms with Crippen LogP contribution in [0, 0.1) is 0 Å². The lowest BCUT2D eigenvalue weighted by molar-refractivity contribution is 0.104. The largest absolute Gasteiger partial charge is 0.387 e. The first-order chi connectivity index (χ1) is 8.86. The fourth-order valence-corrected chi connectivity index (χ4v) is 1.52. The summed E-state index contributed by atoms with van der Waals surface area (Å²) in [5, 5.41) is 3.09. The second kappa shape index (κ2) is 6.35. The maximum absolute atomic E-state index is 11.7. The van der Waals surface area contributed by atoms with Gasteiger partial charge < -0.3 is 5.32 Å². The average Bonchev–Trinajstić information content (AvgIpc) is 2.45. The van der Waals surface area contributed by atoms with Gasteiger partial charge in [0.25, 0.3) is 0 Å². The van der Waals surface area contributed by atoms with Crippen molar-refractivity contribution in [1.82, 2.24) is 10.3 Å². The lowest BCUT2D eigenvalue weighted by Crippen LogP contribution is -2.05. The molecule has 0 radical (unpaired) electrons. The number of hydrogen-bond donors (Lipinski definition) is 1. The van der Waals surface area contributed by atoms with Crippen LogP contribution in [0.5, 0.6) is 0 Å². The third-order valence-corrected chi connectivity index (χ3v) is 2.47. The number of nitrogens with one attached hydrogen (secondary N) is 1. The van der Waals surface area contributed by atoms with Crippen molar-refractivity contribution in [2.45, 2.75) is 6.54 Å². The number of carbonyl (C=O) groups is 1. The summed E-state index contributed by atoms with van der Waals surface area (Å²) >= 11 is 0. The molecule has 1 aromatic heterocycles. The van der Waals surface area contributed by atoms with E-state index >= 15 is 0 Å². The first-order valence-corrected chi connectivity index (χ1v) is 5.74. The zero-order chi connectivity index (χ0) is 12.6. The molecule has 3 heteroatoms. The summed E-state index contributed by atoms with van der Waals surface area (Å²) in [5.74, 6) is -0.0297. The molecule has 0 aliphatic rings. The molecule has 1 heterocycles. The van der Waals surface area contributed by atoms with Crippen LogP contribution in [0.2, 0.25) is 0 Å². The molecule has 0 unspecified atom stereocenters. The molecule has 0 aliphatic carbocycles. The number of aromatic nitrogens is 1. The van der Waals surface area contributed by atoms with Crippen LogP contribution >= 0.6 is 0 Å². The van der Waals surface area contributed by atoms with Gasteiger partial charge in [-0.15, -0.1) is 0 Å². The minimum Gasteiger partial charge on any atom is -0.387 e. The van der Waals surface area contributed by atoms with E-state index in [9.17, 15) is 4.79 Å². The molecule has 0 saturated carbocycles. The van der Waals surface area contributed by atoms with E-state index in [1.165, 1.54) is 11.6 Å². The molecule has 2 aromatic rings. The fraction of sp³-hybridized carbons (Fsp3) is 0.0667. The van der Waals surface area contributed by atoms with Gasteiger partial charge in [0, 0.05) is 36.8 Å². The monoisotopic (exact) mass is 238 g/mol. The van der Waals surface area contributed by atoms with Gasteiger partial charge in [-0.1, -0.05) is 30.3 Å². The molecule has 0 atom stereocenters. The molecule has 2 rings (SSSR count). The van der Waals surface area contributed by atoms with E-state index in [4.69, 9.17) is 0 Å². The van der Waals surface area contributed by atoms with Crippen molar-refractivity contribution >= 4 is 5.78 Å². The quantitative estimate of drug-likeness (QED) is 0.643. The lowest BCUT2D eigenvalue weighted by Gasteiger charge is -2.00. The first-order valence-electron chi connectivity index (χ1n) is 5.74. The number of benzene rings is 1. The highest BCUT2D eigenvalue weighted by atomic mass is 16.1. The van der Waals surface area contributed by atoms with Crippen molar-refractivity contribution in [1.29, 1.82) is 0 Å². The normalized spacial score (nSPS) is 10.4. The number of nitrogens with zero attached hydrogens (tertiary/aromatic N) is 1. The number of hydrogen-bond acceptors (Lipinski definition) is 3. The van der Waals surface area contributed by atoms with Crippen molar-refractivity contribution in [2.24, 2.45) is 0 Å². The van der Waals surface area contributed by atoms with E-state index in [2.05, 4.69) is 10.3 Å². The minimum atomic E-state index is -0.0297. The Kier molecular flexibility index (Phi) is 4.25. The Bertz CT molecular complexity index is 521. The summed E-state index contributed by atoms with van der Waals surface area (Å²) in [6.07, 6.45) is 6.42. The molecule has 0 amide bonds. The van der Waals surface area contributed by atoms with Gasteiger partial charge in [0.1, 0.15) is 0 Å². The van der Waals surface area contributed by atoms with Crippen molar-refractivity contribution < 1.29 is 4.79 Å². The molecule has 0 spiro atoms. The summed E-state index contributed by atoms with van der Waals surface area (Å²) in [6, 6.07) is 13.4. The maximum atomic E-state index is 11.7. The smallest absolute Gasteiger partial charge is 0.187 e. The van der Waals surface area contributed by atoms with Crippen molar-refractivity contribution in [3.8, 4) is 0 Å². The van der Waals surface area contributed by atoms with Gasteiger partial charge in [-0.25, -0.2) is 0 Å². The molecule has 1 N–H and O–H groups in total. The number of rotatable bonds is 5. The molecule has 0 fully saturated rings. The zero-order valence-electron chi connectivity index (χ0n) is 9.91. The Labute approximate surface area is 106 Å². The number of ketones is 1. The number of allylic oxidation sites excluding steroid dienone is 1. The van der Waals surface area contributed by atoms with Gasteiger partial charge in [-0.05, 0) is 17.7 Å². The van der Waals surface area contributed by atoms with Crippen molar-refractivity contribution in [3.63, 3.8) is 0 Å². The minimum absolute atomic E-state index is 0.0297. The molecule has 18 heavy (non-hydrogen) atoms. The third-order valence-electron chi connectivity index (χ3n) is 2.47. The Hall–Kier alpha value is -2.42. The summed E-state index contributed by atoms with van der Waals surface area (Å²) < 4.78 is 0. The average molecular weight is 238 g/mol. The van der Waals surface area contributed by atoms with Gasteiger partial charge in [0.2, 0.25) is 0 Å². The van der Waals surface area contributed by atoms with Gasteiger partial charge >= 0.3 is 0 Å².